The van der Waals surface area contributed by atoms with Gasteiger partial charge in [-0.1, -0.05) is 62.3 Å². The smallest absolute Gasteiger partial charge is 0.161 e. The van der Waals surface area contributed by atoms with Gasteiger partial charge in [0.2, 0.25) is 0 Å². The quantitative estimate of drug-likeness (QED) is 0.472. The van der Waals surface area contributed by atoms with E-state index in [1.165, 1.54) is 0 Å². The minimum Gasteiger partial charge on any atom is -0.496 e. The van der Waals surface area contributed by atoms with Gasteiger partial charge in [-0.05, 0) is 42.6 Å². The highest BCUT2D eigenvalue weighted by molar-refractivity contribution is 4.96. The predicted molar refractivity (Wildman–Crippen MR) is 127 cm³/mol. The molecule has 32 heavy (non-hydrogen) atoms. The van der Waals surface area contributed by atoms with Gasteiger partial charge in [0, 0.05) is 17.8 Å². The lowest BCUT2D eigenvalue weighted by Gasteiger charge is -2.47. The Kier molecular flexibility index (Phi) is 9.10. The van der Waals surface area contributed by atoms with E-state index in [4.69, 9.17) is 23.7 Å². The topological polar surface area (TPSA) is 46.2 Å². The summed E-state index contributed by atoms with van der Waals surface area (Å²) in [4.78, 5) is 0. The minimum absolute atomic E-state index is 0.00725. The van der Waals surface area contributed by atoms with Gasteiger partial charge in [-0.25, -0.2) is 0 Å². The van der Waals surface area contributed by atoms with Crippen molar-refractivity contribution in [1.82, 2.24) is 0 Å². The Labute approximate surface area is 196 Å². The van der Waals surface area contributed by atoms with Crippen LogP contribution in [0.1, 0.15) is 75.2 Å². The Balaban J connectivity index is 1.64. The van der Waals surface area contributed by atoms with Crippen LogP contribution in [0.5, 0.6) is 0 Å². The van der Waals surface area contributed by atoms with Crippen molar-refractivity contribution in [3.63, 3.8) is 0 Å². The van der Waals surface area contributed by atoms with Crippen LogP contribution in [0.2, 0.25) is 0 Å². The lowest BCUT2D eigenvalue weighted by atomic mass is 9.78. The molecule has 0 aromatic heterocycles. The van der Waals surface area contributed by atoms with Gasteiger partial charge in [0.1, 0.15) is 12.2 Å². The molecule has 13 atom stereocenters. The summed E-state index contributed by atoms with van der Waals surface area (Å²) in [6.07, 6.45) is 5.77. The summed E-state index contributed by atoms with van der Waals surface area (Å²) in [5, 5.41) is 0. The van der Waals surface area contributed by atoms with E-state index in [1.54, 1.807) is 0 Å². The van der Waals surface area contributed by atoms with E-state index in [0.29, 0.717) is 48.0 Å². The van der Waals surface area contributed by atoms with E-state index >= 15 is 0 Å². The van der Waals surface area contributed by atoms with Crippen LogP contribution in [0.4, 0.5) is 0 Å². The second kappa shape index (κ2) is 11.2. The van der Waals surface area contributed by atoms with Crippen molar-refractivity contribution in [1.29, 1.82) is 0 Å². The molecular weight excluding hydrogens is 404 g/mol. The molecule has 0 amide bonds. The fourth-order valence-electron chi connectivity index (χ4n) is 5.66. The maximum Gasteiger partial charge on any atom is 0.161 e. The Morgan fingerprint density at radius 1 is 0.656 bits per heavy atom. The van der Waals surface area contributed by atoms with E-state index in [9.17, 15) is 0 Å². The monoisotopic (exact) mass is 452 g/mol. The van der Waals surface area contributed by atoms with Crippen LogP contribution in [-0.4, -0.2) is 43.6 Å². The zero-order valence-electron chi connectivity index (χ0n) is 21.8. The third-order valence-electron chi connectivity index (χ3n) is 9.01. The Morgan fingerprint density at radius 2 is 1.22 bits per heavy atom. The first-order valence-corrected chi connectivity index (χ1v) is 13.1. The summed E-state index contributed by atoms with van der Waals surface area (Å²) in [6, 6.07) is 0. The maximum atomic E-state index is 6.60. The number of hydrogen-bond donors (Lipinski definition) is 0. The average Bonchev–Trinajstić information content (AvgIpc) is 2.79. The van der Waals surface area contributed by atoms with Crippen molar-refractivity contribution in [3.8, 4) is 0 Å². The maximum absolute atomic E-state index is 6.60. The third-order valence-corrected chi connectivity index (χ3v) is 9.01. The molecule has 186 valence electrons. The number of hydrogen-bond acceptors (Lipinski definition) is 5. The van der Waals surface area contributed by atoms with Gasteiger partial charge >= 0.3 is 0 Å². The van der Waals surface area contributed by atoms with Crippen molar-refractivity contribution in [2.45, 2.75) is 112 Å². The molecular formula is C27H48O5. The van der Waals surface area contributed by atoms with Crippen molar-refractivity contribution in [2.24, 2.45) is 41.4 Å². The predicted octanol–water partition coefficient (Wildman–Crippen LogP) is 6.02. The minimum atomic E-state index is -0.251. The first-order valence-electron chi connectivity index (χ1n) is 13.1. The summed E-state index contributed by atoms with van der Waals surface area (Å²) in [5.41, 5.74) is 0. The number of ether oxygens (including phenoxy) is 5. The van der Waals surface area contributed by atoms with E-state index in [2.05, 4.69) is 68.4 Å². The second-order valence-electron chi connectivity index (χ2n) is 10.9. The summed E-state index contributed by atoms with van der Waals surface area (Å²) in [7, 11) is 0. The summed E-state index contributed by atoms with van der Waals surface area (Å²) < 4.78 is 31.8. The SMILES string of the molecule is CCC1O[C@@H](OCC2O[C@H](O[C@H]3C(C)C=COC3CC)[C@H](C)C(C)[C@@H]2C)[C@@H](C)C(C)[C@@H]1C. The van der Waals surface area contributed by atoms with Crippen molar-refractivity contribution < 1.29 is 23.7 Å². The van der Waals surface area contributed by atoms with Crippen molar-refractivity contribution in [3.05, 3.63) is 12.3 Å². The molecule has 3 aliphatic heterocycles. The molecule has 0 bridgehead atoms. The van der Waals surface area contributed by atoms with Crippen LogP contribution in [0.15, 0.2) is 12.3 Å². The fourth-order valence-corrected chi connectivity index (χ4v) is 5.66. The van der Waals surface area contributed by atoms with Gasteiger partial charge in [-0.3, -0.25) is 0 Å². The zero-order chi connectivity index (χ0) is 23.6. The Morgan fingerprint density at radius 3 is 1.84 bits per heavy atom. The van der Waals surface area contributed by atoms with Crippen LogP contribution in [0.25, 0.3) is 0 Å². The van der Waals surface area contributed by atoms with E-state index in [-0.39, 0.29) is 37.0 Å². The van der Waals surface area contributed by atoms with Crippen molar-refractivity contribution in [2.75, 3.05) is 6.61 Å². The highest BCUT2D eigenvalue weighted by Gasteiger charge is 2.44. The molecule has 6 unspecified atom stereocenters. The van der Waals surface area contributed by atoms with Gasteiger partial charge in [0.05, 0.1) is 25.1 Å². The molecule has 3 heterocycles. The zero-order valence-corrected chi connectivity index (χ0v) is 21.8. The van der Waals surface area contributed by atoms with Crippen LogP contribution in [0.3, 0.4) is 0 Å². The molecule has 2 saturated heterocycles. The molecule has 2 fully saturated rings. The van der Waals surface area contributed by atoms with Crippen LogP contribution >= 0.6 is 0 Å². The summed E-state index contributed by atoms with van der Waals surface area (Å²) in [5.74, 6) is 2.98. The molecule has 0 aliphatic carbocycles. The molecule has 0 saturated carbocycles. The lowest BCUT2D eigenvalue weighted by molar-refractivity contribution is -0.304. The first-order chi connectivity index (χ1) is 15.2. The Bertz CT molecular complexity index is 607. The third kappa shape index (κ3) is 5.37. The molecule has 5 nitrogen and oxygen atoms in total. The van der Waals surface area contributed by atoms with Crippen molar-refractivity contribution >= 4 is 0 Å². The van der Waals surface area contributed by atoms with Crippen LogP contribution in [-0.2, 0) is 23.7 Å². The molecule has 0 N–H and O–H groups in total. The second-order valence-corrected chi connectivity index (χ2v) is 10.9. The molecule has 0 aromatic rings. The standard InChI is InChI=1S/C27H48O5/c1-10-22-18(6)16(4)20(8)26(30-22)29-14-24-19(7)17(5)21(9)27(31-24)32-25-15(3)12-13-28-23(25)11-2/h12-13,15-27H,10-11,14H2,1-9H3/t15?,16?,17?,18-,19-,20-,21+,22?,23?,24?,25-,26+,27+/m0/s1. The summed E-state index contributed by atoms with van der Waals surface area (Å²) in [6.45, 7) is 20.8. The summed E-state index contributed by atoms with van der Waals surface area (Å²) >= 11 is 0. The van der Waals surface area contributed by atoms with Crippen LogP contribution in [0, 0.1) is 41.4 Å². The lowest BCUT2D eigenvalue weighted by Crippen LogP contribution is -2.52. The van der Waals surface area contributed by atoms with Gasteiger partial charge in [-0.15, -0.1) is 0 Å². The van der Waals surface area contributed by atoms with Crippen LogP contribution < -0.4 is 0 Å². The van der Waals surface area contributed by atoms with Gasteiger partial charge in [0.15, 0.2) is 12.6 Å². The largest absolute Gasteiger partial charge is 0.496 e. The normalized spacial score (nSPS) is 49.6. The average molecular weight is 453 g/mol. The number of rotatable bonds is 7. The Hall–Kier alpha value is -0.620. The van der Waals surface area contributed by atoms with Gasteiger partial charge < -0.3 is 23.7 Å². The van der Waals surface area contributed by atoms with Gasteiger partial charge in [-0.2, -0.15) is 0 Å². The molecule has 5 heteroatoms. The highest BCUT2D eigenvalue weighted by atomic mass is 16.7. The molecule has 0 spiro atoms. The van der Waals surface area contributed by atoms with Gasteiger partial charge in [0.25, 0.3) is 0 Å². The molecule has 3 rings (SSSR count). The fraction of sp³-hybridized carbons (Fsp3) is 0.926. The van der Waals surface area contributed by atoms with E-state index in [1.807, 2.05) is 6.26 Å². The van der Waals surface area contributed by atoms with E-state index < -0.39 is 0 Å². The molecule has 3 aliphatic rings. The van der Waals surface area contributed by atoms with E-state index in [0.717, 1.165) is 12.8 Å². The highest BCUT2D eigenvalue weighted by Crippen LogP contribution is 2.40. The molecule has 0 aromatic carbocycles. The first kappa shape index (κ1) is 26.0. The molecule has 0 radical (unpaired) electrons.